The summed E-state index contributed by atoms with van der Waals surface area (Å²) in [5.74, 6) is 1.20. The molecule has 0 aliphatic heterocycles. The van der Waals surface area contributed by atoms with Crippen molar-refractivity contribution >= 4 is 0 Å². The van der Waals surface area contributed by atoms with E-state index in [4.69, 9.17) is 14.2 Å². The lowest BCUT2D eigenvalue weighted by Gasteiger charge is -2.13. The molecule has 0 aliphatic carbocycles. The topological polar surface area (TPSA) is 39.7 Å². The number of ether oxygens (including phenoxy) is 3. The van der Waals surface area contributed by atoms with Gasteiger partial charge in [-0.3, -0.25) is 0 Å². The minimum absolute atomic E-state index is 0.227. The monoisotopic (exact) mass is 319 g/mol. The van der Waals surface area contributed by atoms with Crippen molar-refractivity contribution in [2.24, 2.45) is 0 Å². The third-order valence-corrected chi connectivity index (χ3v) is 3.63. The Morgan fingerprint density at radius 1 is 0.870 bits per heavy atom. The molecule has 0 aliphatic rings. The molecule has 2 rings (SSSR count). The number of benzene rings is 2. The molecule has 0 radical (unpaired) electrons. The summed E-state index contributed by atoms with van der Waals surface area (Å²) in [5.41, 5.74) is 2.00. The molecule has 4 nitrogen and oxygen atoms in total. The molecule has 2 aromatic rings. The van der Waals surface area contributed by atoms with Gasteiger partial charge in [0.15, 0.2) is 11.6 Å². The molecule has 5 heteroatoms. The van der Waals surface area contributed by atoms with Crippen molar-refractivity contribution in [1.82, 2.24) is 5.32 Å². The quantitative estimate of drug-likeness (QED) is 0.759. The van der Waals surface area contributed by atoms with Crippen LogP contribution in [0, 0.1) is 5.82 Å². The van der Waals surface area contributed by atoms with Crippen LogP contribution in [0.25, 0.3) is 0 Å². The van der Waals surface area contributed by atoms with Crippen molar-refractivity contribution in [2.75, 3.05) is 27.9 Å². The molecular formula is C18H22FNO3. The molecule has 0 atom stereocenters. The van der Waals surface area contributed by atoms with Crippen LogP contribution in [0.5, 0.6) is 17.2 Å². The number of hydrogen-bond donors (Lipinski definition) is 1. The van der Waals surface area contributed by atoms with Crippen LogP contribution in [0.2, 0.25) is 0 Å². The molecule has 0 unspecified atom stereocenters. The second kappa shape index (κ2) is 8.39. The molecule has 124 valence electrons. The van der Waals surface area contributed by atoms with E-state index in [1.807, 2.05) is 24.3 Å². The summed E-state index contributed by atoms with van der Waals surface area (Å²) in [4.78, 5) is 0. The van der Waals surface area contributed by atoms with Crippen LogP contribution < -0.4 is 19.5 Å². The lowest BCUT2D eigenvalue weighted by Crippen LogP contribution is -2.17. The van der Waals surface area contributed by atoms with E-state index in [0.29, 0.717) is 18.7 Å². The maximum Gasteiger partial charge on any atom is 0.168 e. The molecule has 0 bridgehead atoms. The molecule has 1 N–H and O–H groups in total. The zero-order valence-corrected chi connectivity index (χ0v) is 13.7. The van der Waals surface area contributed by atoms with Gasteiger partial charge in [-0.1, -0.05) is 18.2 Å². The minimum atomic E-state index is -0.421. The summed E-state index contributed by atoms with van der Waals surface area (Å²) >= 11 is 0. The average Bonchev–Trinajstić information content (AvgIpc) is 2.59. The molecule has 0 saturated heterocycles. The van der Waals surface area contributed by atoms with Crippen molar-refractivity contribution < 1.29 is 18.6 Å². The van der Waals surface area contributed by atoms with Crippen LogP contribution in [0.1, 0.15) is 11.1 Å². The predicted octanol–water partition coefficient (Wildman–Crippen LogP) is 3.18. The third kappa shape index (κ3) is 4.36. The van der Waals surface area contributed by atoms with Crippen molar-refractivity contribution in [3.05, 3.63) is 53.3 Å². The van der Waals surface area contributed by atoms with Crippen LogP contribution in [0.4, 0.5) is 4.39 Å². The summed E-state index contributed by atoms with van der Waals surface area (Å²) in [5, 5.41) is 3.36. The lowest BCUT2D eigenvalue weighted by molar-refractivity contribution is 0.374. The molecule has 0 saturated carbocycles. The first kappa shape index (κ1) is 17.1. The van der Waals surface area contributed by atoms with Crippen molar-refractivity contribution in [1.29, 1.82) is 0 Å². The van der Waals surface area contributed by atoms with E-state index < -0.39 is 5.82 Å². The molecular weight excluding hydrogens is 297 g/mol. The Hall–Kier alpha value is -2.27. The minimum Gasteiger partial charge on any atom is -0.496 e. The number of hydrogen-bond acceptors (Lipinski definition) is 4. The fraction of sp³-hybridized carbons (Fsp3) is 0.333. The van der Waals surface area contributed by atoms with Gasteiger partial charge in [-0.25, -0.2) is 4.39 Å². The van der Waals surface area contributed by atoms with Gasteiger partial charge in [-0.2, -0.15) is 0 Å². The first-order chi connectivity index (χ1) is 11.2. The van der Waals surface area contributed by atoms with E-state index in [2.05, 4.69) is 5.32 Å². The van der Waals surface area contributed by atoms with Crippen LogP contribution >= 0.6 is 0 Å². The van der Waals surface area contributed by atoms with E-state index in [0.717, 1.165) is 23.4 Å². The lowest BCUT2D eigenvalue weighted by atomic mass is 10.1. The highest BCUT2D eigenvalue weighted by Crippen LogP contribution is 2.27. The zero-order valence-electron chi connectivity index (χ0n) is 13.7. The van der Waals surface area contributed by atoms with Crippen LogP contribution in [-0.2, 0) is 13.0 Å². The summed E-state index contributed by atoms with van der Waals surface area (Å²) in [6, 6.07) is 10.9. The average molecular weight is 319 g/mol. The Balaban J connectivity index is 1.96. The Morgan fingerprint density at radius 3 is 2.26 bits per heavy atom. The second-order valence-electron chi connectivity index (χ2n) is 5.04. The normalized spacial score (nSPS) is 10.4. The van der Waals surface area contributed by atoms with Crippen LogP contribution in [0.3, 0.4) is 0 Å². The molecule has 2 aromatic carbocycles. The summed E-state index contributed by atoms with van der Waals surface area (Å²) in [7, 11) is 4.65. The number of halogens is 1. The maximum atomic E-state index is 13.7. The molecule has 0 amide bonds. The summed E-state index contributed by atoms with van der Waals surface area (Å²) < 4.78 is 29.3. The van der Waals surface area contributed by atoms with Gasteiger partial charge in [0.25, 0.3) is 0 Å². The van der Waals surface area contributed by atoms with Gasteiger partial charge in [0, 0.05) is 18.2 Å². The van der Waals surface area contributed by atoms with Crippen molar-refractivity contribution in [3.8, 4) is 17.2 Å². The predicted molar refractivity (Wildman–Crippen MR) is 87.9 cm³/mol. The van der Waals surface area contributed by atoms with Crippen molar-refractivity contribution in [2.45, 2.75) is 13.0 Å². The fourth-order valence-electron chi connectivity index (χ4n) is 2.41. The van der Waals surface area contributed by atoms with Crippen LogP contribution in [0.15, 0.2) is 36.4 Å². The third-order valence-electron chi connectivity index (χ3n) is 3.63. The Morgan fingerprint density at radius 2 is 1.57 bits per heavy atom. The van der Waals surface area contributed by atoms with Gasteiger partial charge in [0.1, 0.15) is 11.5 Å². The molecule has 23 heavy (non-hydrogen) atoms. The number of methoxy groups -OCH3 is 3. The van der Waals surface area contributed by atoms with Gasteiger partial charge in [-0.15, -0.1) is 0 Å². The van der Waals surface area contributed by atoms with E-state index >= 15 is 0 Å². The largest absolute Gasteiger partial charge is 0.496 e. The smallest absolute Gasteiger partial charge is 0.168 e. The highest BCUT2D eigenvalue weighted by Gasteiger charge is 2.11. The molecule has 0 aromatic heterocycles. The van der Waals surface area contributed by atoms with Gasteiger partial charge in [-0.05, 0) is 30.7 Å². The Kier molecular flexibility index (Phi) is 6.23. The van der Waals surface area contributed by atoms with E-state index in [-0.39, 0.29) is 5.75 Å². The highest BCUT2D eigenvalue weighted by atomic mass is 19.1. The fourth-order valence-corrected chi connectivity index (χ4v) is 2.41. The number of nitrogens with one attached hydrogen (secondary N) is 1. The zero-order chi connectivity index (χ0) is 16.7. The summed E-state index contributed by atoms with van der Waals surface area (Å²) in [6.07, 6.45) is 0.703. The van der Waals surface area contributed by atoms with Gasteiger partial charge >= 0.3 is 0 Å². The summed E-state index contributed by atoms with van der Waals surface area (Å²) in [6.45, 7) is 1.42. The first-order valence-electron chi connectivity index (χ1n) is 7.42. The Bertz CT molecular complexity index is 646. The Labute approximate surface area is 136 Å². The highest BCUT2D eigenvalue weighted by molar-refractivity contribution is 5.41. The number of para-hydroxylation sites is 1. The standard InChI is InChI=1S/C18H22FNO3/c1-21-16-7-5-4-6-14(16)12-20-9-8-13-10-18(23-3)15(19)11-17(13)22-2/h4-7,10-11,20H,8-9,12H2,1-3H3. The molecule has 0 heterocycles. The molecule has 0 fully saturated rings. The van der Waals surface area contributed by atoms with Gasteiger partial charge in [0.05, 0.1) is 21.3 Å². The van der Waals surface area contributed by atoms with Gasteiger partial charge < -0.3 is 19.5 Å². The SMILES string of the molecule is COc1cc(CCNCc2ccccc2OC)c(OC)cc1F. The van der Waals surface area contributed by atoms with Crippen molar-refractivity contribution in [3.63, 3.8) is 0 Å². The maximum absolute atomic E-state index is 13.7. The molecule has 0 spiro atoms. The van der Waals surface area contributed by atoms with Crippen LogP contribution in [-0.4, -0.2) is 27.9 Å². The second-order valence-corrected chi connectivity index (χ2v) is 5.04. The first-order valence-corrected chi connectivity index (χ1v) is 7.42. The van der Waals surface area contributed by atoms with E-state index in [1.165, 1.54) is 20.3 Å². The number of rotatable bonds is 8. The van der Waals surface area contributed by atoms with Gasteiger partial charge in [0.2, 0.25) is 0 Å². The van der Waals surface area contributed by atoms with E-state index in [9.17, 15) is 4.39 Å². The van der Waals surface area contributed by atoms with E-state index in [1.54, 1.807) is 13.2 Å².